The Kier molecular flexibility index (Phi) is 3.70. The summed E-state index contributed by atoms with van der Waals surface area (Å²) < 4.78 is 44.2. The van der Waals surface area contributed by atoms with Crippen molar-refractivity contribution in [2.24, 2.45) is 0 Å². The fourth-order valence-electron chi connectivity index (χ4n) is 2.38. The number of ether oxygens (including phenoxy) is 1. The minimum Gasteiger partial charge on any atom is -0.468 e. The van der Waals surface area contributed by atoms with E-state index < -0.39 is 23.1 Å². The van der Waals surface area contributed by atoms with E-state index >= 15 is 0 Å². The van der Waals surface area contributed by atoms with Crippen LogP contribution < -0.4 is 0 Å². The molecular formula is C15H13F3O2. The SMILES string of the molecule is COC(=O)C1(c2ccccc2C(F)(F)F)C=CC=CC1. The number of hydrogen-bond acceptors (Lipinski definition) is 2. The Morgan fingerprint density at radius 3 is 2.50 bits per heavy atom. The summed E-state index contributed by atoms with van der Waals surface area (Å²) in [4.78, 5) is 12.1. The Labute approximate surface area is 114 Å². The Balaban J connectivity index is 2.65. The molecule has 0 amide bonds. The molecule has 0 N–H and O–H groups in total. The van der Waals surface area contributed by atoms with Gasteiger partial charge in [-0.1, -0.05) is 42.5 Å². The number of hydrogen-bond donors (Lipinski definition) is 0. The molecule has 0 saturated heterocycles. The van der Waals surface area contributed by atoms with Gasteiger partial charge in [0.25, 0.3) is 0 Å². The molecular weight excluding hydrogens is 269 g/mol. The monoisotopic (exact) mass is 282 g/mol. The maximum absolute atomic E-state index is 13.1. The molecule has 5 heteroatoms. The molecule has 20 heavy (non-hydrogen) atoms. The lowest BCUT2D eigenvalue weighted by Crippen LogP contribution is -2.37. The van der Waals surface area contributed by atoms with Crippen molar-refractivity contribution in [3.63, 3.8) is 0 Å². The van der Waals surface area contributed by atoms with Crippen LogP contribution in [-0.4, -0.2) is 13.1 Å². The maximum atomic E-state index is 13.1. The third-order valence-corrected chi connectivity index (χ3v) is 3.33. The highest BCUT2D eigenvalue weighted by Crippen LogP contribution is 2.41. The van der Waals surface area contributed by atoms with Gasteiger partial charge < -0.3 is 4.74 Å². The minimum absolute atomic E-state index is 0.0834. The molecule has 1 aliphatic rings. The number of esters is 1. The van der Waals surface area contributed by atoms with Gasteiger partial charge in [-0.2, -0.15) is 13.2 Å². The Bertz CT molecular complexity index is 573. The van der Waals surface area contributed by atoms with Gasteiger partial charge in [-0.25, -0.2) is 0 Å². The smallest absolute Gasteiger partial charge is 0.416 e. The van der Waals surface area contributed by atoms with Crippen LogP contribution in [0.4, 0.5) is 13.2 Å². The molecule has 0 heterocycles. The highest BCUT2D eigenvalue weighted by Gasteiger charge is 2.45. The predicted molar refractivity (Wildman–Crippen MR) is 68.0 cm³/mol. The lowest BCUT2D eigenvalue weighted by molar-refractivity contribution is -0.147. The topological polar surface area (TPSA) is 26.3 Å². The van der Waals surface area contributed by atoms with Crippen molar-refractivity contribution in [2.45, 2.75) is 18.0 Å². The molecule has 0 aromatic heterocycles. The molecule has 2 rings (SSSR count). The van der Waals surface area contributed by atoms with E-state index in [0.29, 0.717) is 0 Å². The van der Waals surface area contributed by atoms with Crippen molar-refractivity contribution >= 4 is 5.97 Å². The van der Waals surface area contributed by atoms with Gasteiger partial charge in [-0.15, -0.1) is 0 Å². The Morgan fingerprint density at radius 2 is 1.95 bits per heavy atom. The largest absolute Gasteiger partial charge is 0.468 e. The zero-order valence-electron chi connectivity index (χ0n) is 10.8. The zero-order chi connectivity index (χ0) is 14.8. The molecule has 0 spiro atoms. The van der Waals surface area contributed by atoms with E-state index in [9.17, 15) is 18.0 Å². The molecule has 1 aromatic carbocycles. The molecule has 0 saturated carbocycles. The van der Waals surface area contributed by atoms with E-state index in [1.807, 2.05) is 0 Å². The maximum Gasteiger partial charge on any atom is 0.416 e. The summed E-state index contributed by atoms with van der Waals surface area (Å²) in [6.45, 7) is 0. The van der Waals surface area contributed by atoms with Crippen LogP contribution >= 0.6 is 0 Å². The molecule has 1 atom stereocenters. The summed E-state index contributed by atoms with van der Waals surface area (Å²) in [6.07, 6.45) is 1.99. The van der Waals surface area contributed by atoms with Gasteiger partial charge in [0.05, 0.1) is 12.7 Å². The van der Waals surface area contributed by atoms with Crippen LogP contribution in [0, 0.1) is 0 Å². The quantitative estimate of drug-likeness (QED) is 0.774. The minimum atomic E-state index is -4.52. The number of allylic oxidation sites excluding steroid dienone is 3. The number of alkyl halides is 3. The molecule has 1 unspecified atom stereocenters. The first-order chi connectivity index (χ1) is 9.42. The third-order valence-electron chi connectivity index (χ3n) is 3.33. The lowest BCUT2D eigenvalue weighted by Gasteiger charge is -2.31. The lowest BCUT2D eigenvalue weighted by atomic mass is 9.73. The summed E-state index contributed by atoms with van der Waals surface area (Å²) in [5.74, 6) is -0.699. The van der Waals surface area contributed by atoms with Crippen molar-refractivity contribution in [1.29, 1.82) is 0 Å². The third kappa shape index (κ3) is 2.35. The molecule has 0 radical (unpaired) electrons. The van der Waals surface area contributed by atoms with Crippen LogP contribution in [0.5, 0.6) is 0 Å². The van der Waals surface area contributed by atoms with Crippen LogP contribution in [0.1, 0.15) is 17.5 Å². The molecule has 0 fully saturated rings. The first-order valence-electron chi connectivity index (χ1n) is 6.01. The van der Waals surface area contributed by atoms with Crippen LogP contribution in [0.25, 0.3) is 0 Å². The van der Waals surface area contributed by atoms with Crippen LogP contribution in [0.2, 0.25) is 0 Å². The molecule has 106 valence electrons. The summed E-state index contributed by atoms with van der Waals surface area (Å²) >= 11 is 0. The highest BCUT2D eigenvalue weighted by atomic mass is 19.4. The number of carbonyl (C=O) groups excluding carboxylic acids is 1. The van der Waals surface area contributed by atoms with E-state index in [1.165, 1.54) is 31.4 Å². The number of benzene rings is 1. The van der Waals surface area contributed by atoms with Gasteiger partial charge in [0.2, 0.25) is 0 Å². The summed E-state index contributed by atoms with van der Waals surface area (Å²) in [7, 11) is 1.17. The number of halogens is 3. The Morgan fingerprint density at radius 1 is 1.25 bits per heavy atom. The van der Waals surface area contributed by atoms with Crippen molar-refractivity contribution in [3.05, 3.63) is 59.7 Å². The molecule has 2 nitrogen and oxygen atoms in total. The van der Waals surface area contributed by atoms with Gasteiger partial charge in [0.1, 0.15) is 5.41 Å². The fourth-order valence-corrected chi connectivity index (χ4v) is 2.38. The predicted octanol–water partition coefficient (Wildman–Crippen LogP) is 3.63. The average Bonchev–Trinajstić information content (AvgIpc) is 2.46. The number of rotatable bonds is 2. The second-order valence-corrected chi connectivity index (χ2v) is 4.50. The summed E-state index contributed by atoms with van der Waals surface area (Å²) in [5, 5.41) is 0. The second-order valence-electron chi connectivity index (χ2n) is 4.50. The molecule has 0 aliphatic heterocycles. The van der Waals surface area contributed by atoms with Gasteiger partial charge in [-0.05, 0) is 18.1 Å². The number of methoxy groups -OCH3 is 1. The molecule has 1 aliphatic carbocycles. The second kappa shape index (κ2) is 5.15. The van der Waals surface area contributed by atoms with Crippen molar-refractivity contribution < 1.29 is 22.7 Å². The standard InChI is InChI=1S/C15H13F3O2/c1-20-13(19)14(9-5-2-6-10-14)11-7-3-4-8-12(11)15(16,17)18/h2-9H,10H2,1H3. The van der Waals surface area contributed by atoms with Gasteiger partial charge >= 0.3 is 12.1 Å². The Hall–Kier alpha value is -2.04. The van der Waals surface area contributed by atoms with E-state index in [4.69, 9.17) is 4.74 Å². The first kappa shape index (κ1) is 14.4. The molecule has 0 bridgehead atoms. The first-order valence-corrected chi connectivity index (χ1v) is 6.01. The average molecular weight is 282 g/mol. The fraction of sp³-hybridized carbons (Fsp3) is 0.267. The van der Waals surface area contributed by atoms with Gasteiger partial charge in [0, 0.05) is 0 Å². The highest BCUT2D eigenvalue weighted by molar-refractivity contribution is 5.87. The normalized spacial score (nSPS) is 21.8. The van der Waals surface area contributed by atoms with Crippen LogP contribution in [0.3, 0.4) is 0 Å². The van der Waals surface area contributed by atoms with E-state index in [-0.39, 0.29) is 12.0 Å². The summed E-state index contributed by atoms with van der Waals surface area (Å²) in [5.41, 5.74) is -2.32. The van der Waals surface area contributed by atoms with Gasteiger partial charge in [0.15, 0.2) is 0 Å². The van der Waals surface area contributed by atoms with Crippen molar-refractivity contribution in [1.82, 2.24) is 0 Å². The van der Waals surface area contributed by atoms with Crippen LogP contribution in [0.15, 0.2) is 48.6 Å². The number of carbonyl (C=O) groups is 1. The van der Waals surface area contributed by atoms with Gasteiger partial charge in [-0.3, -0.25) is 4.79 Å². The van der Waals surface area contributed by atoms with E-state index in [0.717, 1.165) is 6.07 Å². The van der Waals surface area contributed by atoms with E-state index in [2.05, 4.69) is 0 Å². The van der Waals surface area contributed by atoms with E-state index in [1.54, 1.807) is 18.2 Å². The van der Waals surface area contributed by atoms with Crippen molar-refractivity contribution in [3.8, 4) is 0 Å². The molecule has 1 aromatic rings. The van der Waals surface area contributed by atoms with Crippen LogP contribution in [-0.2, 0) is 21.1 Å². The summed E-state index contributed by atoms with van der Waals surface area (Å²) in [6, 6.07) is 5.09. The van der Waals surface area contributed by atoms with Crippen molar-refractivity contribution in [2.75, 3.05) is 7.11 Å². The zero-order valence-corrected chi connectivity index (χ0v) is 10.8.